The molecule has 3 N–H and O–H groups in total. The number of primary sulfonamides is 1. The number of anilines is 1. The van der Waals surface area contributed by atoms with Crippen molar-refractivity contribution in [1.82, 2.24) is 30.1 Å². The Hall–Kier alpha value is -5.13. The van der Waals surface area contributed by atoms with Crippen LogP contribution in [0.3, 0.4) is 0 Å². The molecule has 61 heavy (non-hydrogen) atoms. The smallest absolute Gasteiger partial charge is 0.234 e. The van der Waals surface area contributed by atoms with Crippen LogP contribution in [0.4, 0.5) is 10.2 Å². The Kier molecular flexibility index (Phi) is 12.6. The zero-order valence-electron chi connectivity index (χ0n) is 34.2. The molecule has 2 atom stereocenters. The standard InChI is InChI=1S/C44H51FN8O6S2/c1-2-35(61(46,58)59)33-4-3-5-34(38(33)45)39-40(27-10-18-47-19-11-27)60-42(50-39)28-12-22-52(23-13-28)44(57)30-16-24-53(25-17-30)43(56)29-14-20-51(21-15-29)36-8-6-31(26-48-36)32-7-9-37(54)49-41(32)55/h3-6,8,10-11,18-19,26,28-30,32,35H,2,7,9,12-17,20-25H2,1H3,(H2,46,58,59)(H,49,54,55). The van der Waals surface area contributed by atoms with Crippen LogP contribution in [-0.4, -0.2) is 96.1 Å². The molecular formula is C44H51FN8O6S2. The van der Waals surface area contributed by atoms with Crippen LogP contribution in [0.25, 0.3) is 21.7 Å². The number of nitrogens with two attached hydrogens (primary N) is 1. The van der Waals surface area contributed by atoms with Gasteiger partial charge in [-0.05, 0) is 86.8 Å². The van der Waals surface area contributed by atoms with Crippen molar-refractivity contribution in [3.05, 3.63) is 83.0 Å². The first-order chi connectivity index (χ1) is 29.4. The SMILES string of the molecule is CCC(c1cccc(-c2nc(C3CCN(C(=O)C4CCN(C(=O)C5CCN(c6ccc(C7CCC(=O)NC7=O)cn6)CC5)CC4)CC3)sc2-c2ccncc2)c1F)S(N)(=O)=O. The van der Waals surface area contributed by atoms with E-state index in [1.165, 1.54) is 17.4 Å². The quantitative estimate of drug-likeness (QED) is 0.192. The van der Waals surface area contributed by atoms with Gasteiger partial charge in [-0.25, -0.2) is 27.9 Å². The molecule has 0 bridgehead atoms. The summed E-state index contributed by atoms with van der Waals surface area (Å²) in [5.74, 6) is -0.616. The second-order valence-electron chi connectivity index (χ2n) is 16.6. The minimum absolute atomic E-state index is 0.0207. The number of imide groups is 1. The highest BCUT2D eigenvalue weighted by molar-refractivity contribution is 7.89. The fourth-order valence-corrected chi connectivity index (χ4v) is 11.6. The van der Waals surface area contributed by atoms with Crippen LogP contribution in [0.15, 0.2) is 61.1 Å². The second-order valence-corrected chi connectivity index (χ2v) is 19.4. The summed E-state index contributed by atoms with van der Waals surface area (Å²) in [5, 5.41) is 7.56. The number of nitrogens with one attached hydrogen (secondary N) is 1. The van der Waals surface area contributed by atoms with Crippen molar-refractivity contribution in [2.24, 2.45) is 17.0 Å². The van der Waals surface area contributed by atoms with E-state index in [4.69, 9.17) is 10.1 Å². The van der Waals surface area contributed by atoms with Crippen LogP contribution >= 0.6 is 11.3 Å². The van der Waals surface area contributed by atoms with E-state index in [0.29, 0.717) is 96.3 Å². The van der Waals surface area contributed by atoms with E-state index < -0.39 is 21.1 Å². The van der Waals surface area contributed by atoms with E-state index in [0.717, 1.165) is 26.8 Å². The number of benzene rings is 1. The highest BCUT2D eigenvalue weighted by Crippen LogP contribution is 2.44. The Labute approximate surface area is 359 Å². The second kappa shape index (κ2) is 18.1. The van der Waals surface area contributed by atoms with Gasteiger partial charge in [-0.3, -0.25) is 29.5 Å². The molecule has 0 radical (unpaired) electrons. The molecule has 14 nitrogen and oxygen atoms in total. The number of rotatable bonds is 10. The van der Waals surface area contributed by atoms with Gasteiger partial charge in [-0.1, -0.05) is 25.1 Å². The summed E-state index contributed by atoms with van der Waals surface area (Å²) in [6.07, 6.45) is 10.1. The number of halogens is 1. The van der Waals surface area contributed by atoms with Crippen molar-refractivity contribution in [2.45, 2.75) is 81.8 Å². The molecule has 0 aliphatic carbocycles. The number of pyridine rings is 2. The number of thiazole rings is 1. The van der Waals surface area contributed by atoms with Crippen molar-refractivity contribution in [3.63, 3.8) is 0 Å². The number of sulfonamides is 1. The normalized spacial score (nSPS) is 20.4. The van der Waals surface area contributed by atoms with Gasteiger partial charge in [0.15, 0.2) is 0 Å². The molecule has 3 aromatic heterocycles. The molecule has 1 aromatic carbocycles. The molecular weight excluding hydrogens is 820 g/mol. The van der Waals surface area contributed by atoms with Crippen molar-refractivity contribution in [3.8, 4) is 21.7 Å². The number of hydrogen-bond donors (Lipinski definition) is 2. The summed E-state index contributed by atoms with van der Waals surface area (Å²) >= 11 is 1.49. The third-order valence-electron chi connectivity index (χ3n) is 12.9. The van der Waals surface area contributed by atoms with Crippen LogP contribution < -0.4 is 15.4 Å². The van der Waals surface area contributed by atoms with Crippen LogP contribution in [0.1, 0.15) is 97.9 Å². The van der Waals surface area contributed by atoms with E-state index >= 15 is 4.39 Å². The lowest BCUT2D eigenvalue weighted by atomic mass is 9.90. The maximum absolute atomic E-state index is 16.2. The highest BCUT2D eigenvalue weighted by Gasteiger charge is 2.37. The molecule has 322 valence electrons. The number of amides is 4. The Bertz CT molecular complexity index is 2370. The van der Waals surface area contributed by atoms with E-state index in [-0.39, 0.29) is 64.8 Å². The molecule has 4 aliphatic heterocycles. The summed E-state index contributed by atoms with van der Waals surface area (Å²) < 4.78 is 41.0. The first-order valence-corrected chi connectivity index (χ1v) is 23.7. The van der Waals surface area contributed by atoms with Gasteiger partial charge in [-0.2, -0.15) is 0 Å². The Morgan fingerprint density at radius 2 is 1.52 bits per heavy atom. The van der Waals surface area contributed by atoms with Gasteiger partial charge in [0.25, 0.3) is 0 Å². The summed E-state index contributed by atoms with van der Waals surface area (Å²) in [6.45, 7) is 5.32. The summed E-state index contributed by atoms with van der Waals surface area (Å²) in [5.41, 5.74) is 2.29. The van der Waals surface area contributed by atoms with Gasteiger partial charge in [0.2, 0.25) is 33.7 Å². The van der Waals surface area contributed by atoms with Crippen molar-refractivity contribution in [1.29, 1.82) is 0 Å². The maximum Gasteiger partial charge on any atom is 0.234 e. The molecule has 4 aromatic rings. The predicted octanol–water partition coefficient (Wildman–Crippen LogP) is 5.53. The third kappa shape index (κ3) is 9.09. The molecule has 4 aliphatic rings. The van der Waals surface area contributed by atoms with Crippen LogP contribution in [0.5, 0.6) is 0 Å². The van der Waals surface area contributed by atoms with Gasteiger partial charge >= 0.3 is 0 Å². The Morgan fingerprint density at radius 1 is 0.885 bits per heavy atom. The summed E-state index contributed by atoms with van der Waals surface area (Å²) in [4.78, 5) is 71.8. The molecule has 4 amide bonds. The lowest BCUT2D eigenvalue weighted by molar-refractivity contribution is -0.143. The zero-order chi connectivity index (χ0) is 42.8. The van der Waals surface area contributed by atoms with Gasteiger partial charge in [0, 0.05) is 93.2 Å². The topological polar surface area (TPSA) is 189 Å². The molecule has 4 saturated heterocycles. The number of hydrogen-bond acceptors (Lipinski definition) is 11. The van der Waals surface area contributed by atoms with Gasteiger partial charge in [0.05, 0.1) is 21.5 Å². The van der Waals surface area contributed by atoms with E-state index in [1.54, 1.807) is 37.6 Å². The van der Waals surface area contributed by atoms with Crippen LogP contribution in [-0.2, 0) is 29.2 Å². The highest BCUT2D eigenvalue weighted by atomic mass is 32.2. The maximum atomic E-state index is 16.2. The van der Waals surface area contributed by atoms with E-state index in [9.17, 15) is 27.6 Å². The fourth-order valence-electron chi connectivity index (χ4n) is 9.37. The average Bonchev–Trinajstić information content (AvgIpc) is 3.72. The number of piperidine rings is 4. The first-order valence-electron chi connectivity index (χ1n) is 21.2. The number of aromatic nitrogens is 3. The van der Waals surface area contributed by atoms with Crippen molar-refractivity contribution >= 4 is 50.8 Å². The molecule has 8 rings (SSSR count). The minimum atomic E-state index is -4.04. The molecule has 0 spiro atoms. The number of likely N-dealkylation sites (tertiary alicyclic amines) is 2. The van der Waals surface area contributed by atoms with Gasteiger partial charge in [-0.15, -0.1) is 11.3 Å². The third-order valence-corrected chi connectivity index (χ3v) is 15.5. The predicted molar refractivity (Wildman–Crippen MR) is 229 cm³/mol. The molecule has 0 saturated carbocycles. The summed E-state index contributed by atoms with van der Waals surface area (Å²) in [7, 11) is -4.04. The molecule has 17 heteroatoms. The largest absolute Gasteiger partial charge is 0.357 e. The lowest BCUT2D eigenvalue weighted by Gasteiger charge is -2.39. The van der Waals surface area contributed by atoms with Gasteiger partial charge < -0.3 is 14.7 Å². The van der Waals surface area contributed by atoms with Crippen LogP contribution in [0, 0.1) is 17.7 Å². The van der Waals surface area contributed by atoms with E-state index in [2.05, 4.69) is 20.2 Å². The monoisotopic (exact) mass is 870 g/mol. The fraction of sp³-hybridized carbons (Fsp3) is 0.477. The van der Waals surface area contributed by atoms with Crippen LogP contribution in [0.2, 0.25) is 0 Å². The molecule has 7 heterocycles. The zero-order valence-corrected chi connectivity index (χ0v) is 35.8. The lowest BCUT2D eigenvalue weighted by Crippen LogP contribution is -2.48. The Morgan fingerprint density at radius 3 is 2.11 bits per heavy atom. The number of carbonyl (C=O) groups excluding carboxylic acids is 4. The van der Waals surface area contributed by atoms with Crippen molar-refractivity contribution < 1.29 is 32.0 Å². The minimum Gasteiger partial charge on any atom is -0.357 e. The number of carbonyl (C=O) groups is 4. The number of nitrogens with zero attached hydrogens (tertiary/aromatic N) is 6. The average molecular weight is 871 g/mol. The molecule has 2 unspecified atom stereocenters. The first kappa shape index (κ1) is 42.6. The Balaban J connectivity index is 0.843. The van der Waals surface area contributed by atoms with E-state index in [1.807, 2.05) is 34.1 Å². The van der Waals surface area contributed by atoms with Gasteiger partial charge in [0.1, 0.15) is 16.9 Å². The summed E-state index contributed by atoms with van der Waals surface area (Å²) in [6, 6.07) is 12.2. The molecule has 4 fully saturated rings. The van der Waals surface area contributed by atoms with Crippen molar-refractivity contribution in [2.75, 3.05) is 44.2 Å².